The summed E-state index contributed by atoms with van der Waals surface area (Å²) in [5.74, 6) is 0.354. The minimum Gasteiger partial charge on any atom is -0.508 e. The van der Waals surface area contributed by atoms with Gasteiger partial charge >= 0.3 is 12.0 Å². The molecule has 4 aromatic rings. The number of benzene rings is 2. The number of esters is 1. The third kappa shape index (κ3) is 5.10. The maximum atomic E-state index is 17.1. The molecule has 5 aliphatic rings. The SMILES string of the molecule is C#Cc1c(F)ccc2cc(O)cc(-c3ncc4c(N5CC6CCC(C5)N6C(=O)C5OC(=O)C5(C)C)nc(OCC56CCCN5CC(F)C6)nc4c3F)c12. The van der Waals surface area contributed by atoms with Crippen molar-refractivity contribution in [2.45, 2.75) is 75.8 Å². The van der Waals surface area contributed by atoms with Gasteiger partial charge in [-0.15, -0.1) is 6.42 Å². The molecule has 2 aromatic heterocycles. The summed E-state index contributed by atoms with van der Waals surface area (Å²) >= 11 is 0. The zero-order chi connectivity index (χ0) is 37.0. The second kappa shape index (κ2) is 11.9. The molecular formula is C39H37F3N6O5. The number of hydrogen-bond acceptors (Lipinski definition) is 10. The van der Waals surface area contributed by atoms with E-state index in [1.807, 2.05) is 9.80 Å². The first-order chi connectivity index (χ1) is 25.4. The zero-order valence-electron chi connectivity index (χ0n) is 29.2. The van der Waals surface area contributed by atoms with Crippen molar-refractivity contribution in [3.8, 4) is 35.4 Å². The van der Waals surface area contributed by atoms with Gasteiger partial charge in [0.05, 0.1) is 16.5 Å². The van der Waals surface area contributed by atoms with E-state index in [2.05, 4.69) is 20.8 Å². The predicted molar refractivity (Wildman–Crippen MR) is 188 cm³/mol. The first kappa shape index (κ1) is 33.7. The van der Waals surface area contributed by atoms with Crippen LogP contribution in [0.1, 0.15) is 51.5 Å². The Morgan fingerprint density at radius 3 is 2.64 bits per heavy atom. The number of phenolic OH excluding ortho intramolecular Hbond substituents is 1. The highest BCUT2D eigenvalue weighted by molar-refractivity contribution is 6.03. The van der Waals surface area contributed by atoms with Gasteiger partial charge in [-0.3, -0.25) is 19.5 Å². The smallest absolute Gasteiger partial charge is 0.319 e. The third-order valence-corrected chi connectivity index (χ3v) is 12.0. The Hall–Kier alpha value is -5.16. The van der Waals surface area contributed by atoms with E-state index in [0.29, 0.717) is 37.3 Å². The van der Waals surface area contributed by atoms with Crippen molar-refractivity contribution in [1.29, 1.82) is 0 Å². The average molecular weight is 727 g/mol. The van der Waals surface area contributed by atoms with E-state index in [1.54, 1.807) is 13.8 Å². The first-order valence-corrected chi connectivity index (χ1v) is 18.0. The summed E-state index contributed by atoms with van der Waals surface area (Å²) < 4.78 is 58.2. The Kier molecular flexibility index (Phi) is 7.58. The van der Waals surface area contributed by atoms with Crippen LogP contribution in [0.5, 0.6) is 11.8 Å². The fourth-order valence-corrected chi connectivity index (χ4v) is 9.30. The van der Waals surface area contributed by atoms with E-state index < -0.39 is 40.8 Å². The number of ether oxygens (including phenoxy) is 2. The van der Waals surface area contributed by atoms with Crippen LogP contribution in [0.3, 0.4) is 0 Å². The fourth-order valence-electron chi connectivity index (χ4n) is 9.30. The number of terminal acetylenes is 1. The van der Waals surface area contributed by atoms with Crippen LogP contribution in [0.15, 0.2) is 30.5 Å². The average Bonchev–Trinajstić information content (AvgIpc) is 3.75. The van der Waals surface area contributed by atoms with Gasteiger partial charge in [-0.1, -0.05) is 12.0 Å². The van der Waals surface area contributed by atoms with Crippen LogP contribution >= 0.6 is 0 Å². The number of halogens is 3. The van der Waals surface area contributed by atoms with Crippen LogP contribution in [0.4, 0.5) is 19.0 Å². The lowest BCUT2D eigenvalue weighted by molar-refractivity contribution is -0.207. The number of piperazine rings is 1. The van der Waals surface area contributed by atoms with E-state index in [1.165, 1.54) is 30.5 Å². The number of carbonyl (C=O) groups excluding carboxylic acids is 2. The fraction of sp³-hybridized carbons (Fsp3) is 0.462. The molecule has 0 spiro atoms. The van der Waals surface area contributed by atoms with Crippen molar-refractivity contribution < 1.29 is 37.3 Å². The third-order valence-electron chi connectivity index (χ3n) is 12.0. The molecule has 0 saturated carbocycles. The molecule has 14 heteroatoms. The highest BCUT2D eigenvalue weighted by Crippen LogP contribution is 2.44. The number of amides is 1. The molecule has 0 aliphatic carbocycles. The summed E-state index contributed by atoms with van der Waals surface area (Å²) in [4.78, 5) is 45.5. The second-order valence-corrected chi connectivity index (χ2v) is 15.6. The number of aromatic hydroxyl groups is 1. The molecule has 11 nitrogen and oxygen atoms in total. The van der Waals surface area contributed by atoms with Gasteiger partial charge < -0.3 is 24.4 Å². The number of carbonyl (C=O) groups is 2. The molecule has 1 N–H and O–H groups in total. The number of phenols is 1. The molecule has 2 bridgehead atoms. The van der Waals surface area contributed by atoms with E-state index in [4.69, 9.17) is 20.9 Å². The second-order valence-electron chi connectivity index (χ2n) is 15.6. The highest BCUT2D eigenvalue weighted by Gasteiger charge is 2.58. The lowest BCUT2D eigenvalue weighted by atomic mass is 9.80. The largest absolute Gasteiger partial charge is 0.508 e. The maximum Gasteiger partial charge on any atom is 0.319 e. The molecular weight excluding hydrogens is 689 g/mol. The standard InChI is InChI=1S/C39H37F3N6O5/c1-4-25-28(41)9-6-20-12-24(49)13-26(29(20)25)31-30(42)32-27(15-43-31)34(45-37(44-32)52-19-39-10-5-11-47(39)16-21(40)14-39)46-17-22-7-8-23(18-46)48(22)35(50)33-38(2,3)36(51)53-33/h1,6,9,12-13,15,21-23,33,49H,5,7-8,10-11,14,16-19H2,2-3H3. The summed E-state index contributed by atoms with van der Waals surface area (Å²) in [6, 6.07) is 4.80. The summed E-state index contributed by atoms with van der Waals surface area (Å²) in [7, 11) is 0. The molecule has 5 aliphatic heterocycles. The normalized spacial score (nSPS) is 27.5. The molecule has 2 aromatic carbocycles. The van der Waals surface area contributed by atoms with Crippen molar-refractivity contribution in [2.75, 3.05) is 37.7 Å². The van der Waals surface area contributed by atoms with Gasteiger partial charge in [0.1, 0.15) is 46.8 Å². The monoisotopic (exact) mass is 726 g/mol. The minimum absolute atomic E-state index is 0.0831. The van der Waals surface area contributed by atoms with Crippen LogP contribution in [0.25, 0.3) is 32.9 Å². The summed E-state index contributed by atoms with van der Waals surface area (Å²) in [6.45, 7) is 5.34. The van der Waals surface area contributed by atoms with Gasteiger partial charge in [0.2, 0.25) is 0 Å². The van der Waals surface area contributed by atoms with Gasteiger partial charge in [0.15, 0.2) is 11.9 Å². The zero-order valence-corrected chi connectivity index (χ0v) is 29.2. The number of aromatic nitrogens is 3. The van der Waals surface area contributed by atoms with Gasteiger partial charge in [-0.05, 0) is 69.7 Å². The number of anilines is 1. The van der Waals surface area contributed by atoms with Gasteiger partial charge in [0.25, 0.3) is 5.91 Å². The number of rotatable bonds is 6. The minimum atomic E-state index is -0.976. The van der Waals surface area contributed by atoms with Gasteiger partial charge in [0, 0.05) is 55.3 Å². The Morgan fingerprint density at radius 1 is 1.15 bits per heavy atom. The molecule has 53 heavy (non-hydrogen) atoms. The molecule has 274 valence electrons. The van der Waals surface area contributed by atoms with Crippen molar-refractivity contribution in [3.05, 3.63) is 47.7 Å². The molecule has 5 unspecified atom stereocenters. The van der Waals surface area contributed by atoms with Gasteiger partial charge in [-0.2, -0.15) is 9.97 Å². The Labute approximate surface area is 303 Å². The van der Waals surface area contributed by atoms with E-state index in [-0.39, 0.29) is 69.5 Å². The topological polar surface area (TPSA) is 121 Å². The van der Waals surface area contributed by atoms with Crippen molar-refractivity contribution in [3.63, 3.8) is 0 Å². The van der Waals surface area contributed by atoms with E-state index in [9.17, 15) is 23.5 Å². The summed E-state index contributed by atoms with van der Waals surface area (Å²) in [5.41, 5.74) is -1.76. The molecule has 7 heterocycles. The Morgan fingerprint density at radius 2 is 1.92 bits per heavy atom. The van der Waals surface area contributed by atoms with Crippen LogP contribution in [-0.2, 0) is 14.3 Å². The first-order valence-electron chi connectivity index (χ1n) is 18.0. The number of cyclic esters (lactones) is 1. The summed E-state index contributed by atoms with van der Waals surface area (Å²) in [6.07, 6.45) is 8.73. The van der Waals surface area contributed by atoms with Crippen LogP contribution in [0.2, 0.25) is 0 Å². The number of fused-ring (bicyclic) bond motifs is 5. The van der Waals surface area contributed by atoms with Gasteiger partial charge in [-0.25, -0.2) is 13.2 Å². The number of nitrogens with zero attached hydrogens (tertiary/aromatic N) is 6. The molecule has 5 saturated heterocycles. The highest BCUT2D eigenvalue weighted by atomic mass is 19.1. The maximum absolute atomic E-state index is 17.1. The quantitative estimate of drug-likeness (QED) is 0.217. The van der Waals surface area contributed by atoms with Crippen molar-refractivity contribution in [2.24, 2.45) is 5.41 Å². The van der Waals surface area contributed by atoms with Crippen molar-refractivity contribution in [1.82, 2.24) is 24.8 Å². The molecule has 9 rings (SSSR count). The summed E-state index contributed by atoms with van der Waals surface area (Å²) in [5, 5.41) is 11.5. The van der Waals surface area contributed by atoms with Crippen LogP contribution in [0, 0.1) is 29.4 Å². The Bertz CT molecular complexity index is 2270. The number of alkyl halides is 1. The van der Waals surface area contributed by atoms with Crippen molar-refractivity contribution >= 4 is 39.4 Å². The molecule has 1 amide bonds. The van der Waals surface area contributed by atoms with E-state index in [0.717, 1.165) is 32.2 Å². The Balaban J connectivity index is 1.13. The van der Waals surface area contributed by atoms with E-state index >= 15 is 4.39 Å². The number of pyridine rings is 1. The molecule has 5 atom stereocenters. The lowest BCUT2D eigenvalue weighted by Gasteiger charge is -2.47. The van der Waals surface area contributed by atoms with Crippen LogP contribution in [-0.4, -0.2) is 104 Å². The molecule has 0 radical (unpaired) electrons. The predicted octanol–water partition coefficient (Wildman–Crippen LogP) is 4.90. The van der Waals surface area contributed by atoms with Crippen LogP contribution < -0.4 is 9.64 Å². The molecule has 5 fully saturated rings. The lowest BCUT2D eigenvalue weighted by Crippen LogP contribution is -2.65. The number of hydrogen-bond donors (Lipinski definition) is 1.